The van der Waals surface area contributed by atoms with Gasteiger partial charge in [-0.1, -0.05) is 0 Å². The first-order chi connectivity index (χ1) is 12.1. The normalized spacial score (nSPS) is 10.0. The van der Waals surface area contributed by atoms with Gasteiger partial charge in [-0.3, -0.25) is 4.79 Å². The molecule has 0 aliphatic rings. The van der Waals surface area contributed by atoms with Crippen molar-refractivity contribution in [1.82, 2.24) is 0 Å². The Morgan fingerprint density at radius 2 is 1.64 bits per heavy atom. The van der Waals surface area contributed by atoms with Gasteiger partial charge < -0.3 is 19.5 Å². The van der Waals surface area contributed by atoms with E-state index in [1.807, 2.05) is 6.92 Å². The van der Waals surface area contributed by atoms with Gasteiger partial charge in [0.25, 0.3) is 5.91 Å². The predicted octanol–water partition coefficient (Wildman–Crippen LogP) is 3.52. The lowest BCUT2D eigenvalue weighted by Crippen LogP contribution is -2.13. The van der Waals surface area contributed by atoms with Crippen LogP contribution in [0.15, 0.2) is 42.5 Å². The summed E-state index contributed by atoms with van der Waals surface area (Å²) in [4.78, 5) is 24.2. The fourth-order valence-corrected chi connectivity index (χ4v) is 2.18. The summed E-state index contributed by atoms with van der Waals surface area (Å²) in [5.74, 6) is 0.365. The van der Waals surface area contributed by atoms with Gasteiger partial charge in [-0.25, -0.2) is 4.79 Å². The third-order valence-corrected chi connectivity index (χ3v) is 3.39. The van der Waals surface area contributed by atoms with E-state index in [0.29, 0.717) is 41.5 Å². The first kappa shape index (κ1) is 18.3. The van der Waals surface area contributed by atoms with Crippen LogP contribution in [-0.2, 0) is 4.74 Å². The van der Waals surface area contributed by atoms with Crippen LogP contribution in [0.25, 0.3) is 0 Å². The number of ether oxygens (including phenoxy) is 3. The Labute approximate surface area is 146 Å². The number of amides is 1. The van der Waals surface area contributed by atoms with Crippen molar-refractivity contribution in [2.24, 2.45) is 0 Å². The van der Waals surface area contributed by atoms with E-state index in [-0.39, 0.29) is 5.91 Å². The number of methoxy groups -OCH3 is 1. The Hall–Kier alpha value is -3.02. The van der Waals surface area contributed by atoms with Crippen molar-refractivity contribution in [2.45, 2.75) is 13.8 Å². The number of anilines is 1. The second-order valence-corrected chi connectivity index (χ2v) is 5.05. The number of hydrogen-bond acceptors (Lipinski definition) is 5. The summed E-state index contributed by atoms with van der Waals surface area (Å²) in [6.07, 6.45) is 0. The van der Waals surface area contributed by atoms with E-state index in [4.69, 9.17) is 14.2 Å². The highest BCUT2D eigenvalue weighted by Crippen LogP contribution is 2.27. The topological polar surface area (TPSA) is 73.9 Å². The summed E-state index contributed by atoms with van der Waals surface area (Å²) in [5, 5.41) is 2.79. The molecule has 2 aromatic carbocycles. The summed E-state index contributed by atoms with van der Waals surface area (Å²) in [6, 6.07) is 11.5. The Morgan fingerprint density at radius 3 is 2.24 bits per heavy atom. The summed E-state index contributed by atoms with van der Waals surface area (Å²) in [7, 11) is 1.56. The smallest absolute Gasteiger partial charge is 0.338 e. The Balaban J connectivity index is 2.21. The molecule has 0 saturated heterocycles. The van der Waals surface area contributed by atoms with E-state index in [2.05, 4.69) is 5.32 Å². The molecule has 0 spiro atoms. The fraction of sp³-hybridized carbons (Fsp3) is 0.263. The van der Waals surface area contributed by atoms with Crippen LogP contribution < -0.4 is 14.8 Å². The first-order valence-corrected chi connectivity index (χ1v) is 7.98. The van der Waals surface area contributed by atoms with E-state index >= 15 is 0 Å². The molecule has 0 aliphatic heterocycles. The zero-order chi connectivity index (χ0) is 18.2. The molecule has 2 aromatic rings. The maximum Gasteiger partial charge on any atom is 0.338 e. The lowest BCUT2D eigenvalue weighted by atomic mass is 10.1. The van der Waals surface area contributed by atoms with E-state index in [9.17, 15) is 9.59 Å². The molecule has 0 radical (unpaired) electrons. The quantitative estimate of drug-likeness (QED) is 0.779. The molecule has 0 atom stereocenters. The Morgan fingerprint density at radius 1 is 0.960 bits per heavy atom. The van der Waals surface area contributed by atoms with E-state index in [1.165, 1.54) is 0 Å². The van der Waals surface area contributed by atoms with Crippen LogP contribution in [-0.4, -0.2) is 32.2 Å². The van der Waals surface area contributed by atoms with Crippen molar-refractivity contribution in [3.8, 4) is 11.5 Å². The minimum absolute atomic E-state index is 0.285. The van der Waals surface area contributed by atoms with Crippen molar-refractivity contribution < 1.29 is 23.8 Å². The number of rotatable bonds is 7. The molecule has 6 heteroatoms. The molecular formula is C19H21NO5. The number of benzene rings is 2. The molecule has 2 rings (SSSR count). The average molecular weight is 343 g/mol. The van der Waals surface area contributed by atoms with Crippen LogP contribution in [0.3, 0.4) is 0 Å². The van der Waals surface area contributed by atoms with Crippen LogP contribution in [0.5, 0.6) is 11.5 Å². The maximum absolute atomic E-state index is 12.4. The van der Waals surface area contributed by atoms with Gasteiger partial charge in [-0.2, -0.15) is 0 Å². The third-order valence-electron chi connectivity index (χ3n) is 3.39. The third kappa shape index (κ3) is 4.73. The highest BCUT2D eigenvalue weighted by atomic mass is 16.5. The summed E-state index contributed by atoms with van der Waals surface area (Å²) in [6.45, 7) is 4.26. The molecule has 0 bridgehead atoms. The maximum atomic E-state index is 12.4. The monoisotopic (exact) mass is 343 g/mol. The minimum atomic E-state index is -0.434. The second kappa shape index (κ2) is 8.73. The molecule has 0 aliphatic carbocycles. The molecule has 6 nitrogen and oxygen atoms in total. The summed E-state index contributed by atoms with van der Waals surface area (Å²) >= 11 is 0. The molecule has 1 N–H and O–H groups in total. The molecule has 25 heavy (non-hydrogen) atoms. The lowest BCUT2D eigenvalue weighted by molar-refractivity contribution is 0.0526. The highest BCUT2D eigenvalue weighted by molar-refractivity contribution is 6.05. The average Bonchev–Trinajstić information content (AvgIpc) is 2.63. The van der Waals surface area contributed by atoms with Crippen LogP contribution in [0.1, 0.15) is 34.6 Å². The largest absolute Gasteiger partial charge is 0.497 e. The standard InChI is InChI=1S/C19H21NO5/c1-4-24-17-12-14(19(22)25-5-2)8-11-16(17)20-18(21)13-6-9-15(23-3)10-7-13/h6-12H,4-5H2,1-3H3,(H,20,21). The molecule has 0 aromatic heterocycles. The summed E-state index contributed by atoms with van der Waals surface area (Å²) < 4.78 is 15.6. The number of carbonyl (C=O) groups excluding carboxylic acids is 2. The van der Waals surface area contributed by atoms with Crippen molar-refractivity contribution >= 4 is 17.6 Å². The zero-order valence-corrected chi connectivity index (χ0v) is 14.5. The van der Waals surface area contributed by atoms with Crippen molar-refractivity contribution in [3.63, 3.8) is 0 Å². The SMILES string of the molecule is CCOC(=O)c1ccc(NC(=O)c2ccc(OC)cc2)c(OCC)c1. The molecule has 0 saturated carbocycles. The van der Waals surface area contributed by atoms with Gasteiger partial charge >= 0.3 is 5.97 Å². The van der Waals surface area contributed by atoms with Crippen LogP contribution in [0, 0.1) is 0 Å². The fourth-order valence-electron chi connectivity index (χ4n) is 2.18. The van der Waals surface area contributed by atoms with Crippen molar-refractivity contribution in [1.29, 1.82) is 0 Å². The highest BCUT2D eigenvalue weighted by Gasteiger charge is 2.14. The van der Waals surface area contributed by atoms with Crippen LogP contribution >= 0.6 is 0 Å². The van der Waals surface area contributed by atoms with Gasteiger partial charge in [0.05, 0.1) is 31.6 Å². The molecule has 1 amide bonds. The molecular weight excluding hydrogens is 322 g/mol. The molecule has 0 fully saturated rings. The van der Waals surface area contributed by atoms with E-state index in [0.717, 1.165) is 0 Å². The van der Waals surface area contributed by atoms with E-state index in [1.54, 1.807) is 56.5 Å². The minimum Gasteiger partial charge on any atom is -0.497 e. The number of hydrogen-bond donors (Lipinski definition) is 1. The van der Waals surface area contributed by atoms with Gasteiger partial charge in [0.2, 0.25) is 0 Å². The molecule has 132 valence electrons. The van der Waals surface area contributed by atoms with E-state index < -0.39 is 5.97 Å². The summed E-state index contributed by atoms with van der Waals surface area (Å²) in [5.41, 5.74) is 1.33. The Bertz CT molecular complexity index is 740. The van der Waals surface area contributed by atoms with Crippen LogP contribution in [0.4, 0.5) is 5.69 Å². The zero-order valence-electron chi connectivity index (χ0n) is 14.5. The first-order valence-electron chi connectivity index (χ1n) is 7.98. The number of nitrogens with one attached hydrogen (secondary N) is 1. The van der Waals surface area contributed by atoms with Gasteiger partial charge in [-0.15, -0.1) is 0 Å². The van der Waals surface area contributed by atoms with Gasteiger partial charge in [0, 0.05) is 5.56 Å². The van der Waals surface area contributed by atoms with Crippen molar-refractivity contribution in [3.05, 3.63) is 53.6 Å². The van der Waals surface area contributed by atoms with Gasteiger partial charge in [-0.05, 0) is 56.3 Å². The second-order valence-electron chi connectivity index (χ2n) is 5.05. The van der Waals surface area contributed by atoms with Crippen LogP contribution in [0.2, 0.25) is 0 Å². The lowest BCUT2D eigenvalue weighted by Gasteiger charge is -2.13. The number of esters is 1. The molecule has 0 heterocycles. The van der Waals surface area contributed by atoms with Gasteiger partial charge in [0.1, 0.15) is 11.5 Å². The predicted molar refractivity (Wildman–Crippen MR) is 94.5 cm³/mol. The molecule has 0 unspecified atom stereocenters. The van der Waals surface area contributed by atoms with Crippen molar-refractivity contribution in [2.75, 3.05) is 25.6 Å². The number of carbonyl (C=O) groups is 2. The Kier molecular flexibility index (Phi) is 6.39. The van der Waals surface area contributed by atoms with Gasteiger partial charge in [0.15, 0.2) is 0 Å².